The predicted octanol–water partition coefficient (Wildman–Crippen LogP) is 3.72. The van der Waals surface area contributed by atoms with Crippen molar-refractivity contribution in [3.05, 3.63) is 26.6 Å². The van der Waals surface area contributed by atoms with Crippen LogP contribution in [0.15, 0.2) is 21.1 Å². The largest absolute Gasteiger partial charge is 0.495 e. The van der Waals surface area contributed by atoms with Crippen molar-refractivity contribution in [1.29, 1.82) is 0 Å². The molecule has 0 aromatic heterocycles. The summed E-state index contributed by atoms with van der Waals surface area (Å²) in [7, 11) is 1.69. The fraction of sp³-hybridized carbons (Fsp3) is 0.455. The van der Waals surface area contributed by atoms with Crippen LogP contribution in [0.5, 0.6) is 5.75 Å². The Bertz CT molecular complexity index is 340. The minimum absolute atomic E-state index is 0.465. The number of ether oxygens (including phenoxy) is 1. The van der Waals surface area contributed by atoms with E-state index in [0.29, 0.717) is 6.04 Å². The Labute approximate surface area is 108 Å². The van der Waals surface area contributed by atoms with E-state index >= 15 is 0 Å². The molecule has 0 aliphatic heterocycles. The van der Waals surface area contributed by atoms with Crippen molar-refractivity contribution in [2.75, 3.05) is 7.11 Å². The van der Waals surface area contributed by atoms with Crippen LogP contribution in [-0.2, 0) is 6.54 Å². The lowest BCUT2D eigenvalue weighted by atomic mass is 10.2. The first-order valence-electron chi connectivity index (χ1n) is 4.80. The lowest BCUT2D eigenvalue weighted by molar-refractivity contribution is 0.403. The van der Waals surface area contributed by atoms with E-state index in [1.54, 1.807) is 7.11 Å². The summed E-state index contributed by atoms with van der Waals surface area (Å²) < 4.78 is 7.38. The molecule has 0 heterocycles. The summed E-state index contributed by atoms with van der Waals surface area (Å²) in [5.74, 6) is 0.895. The van der Waals surface area contributed by atoms with Crippen LogP contribution in [0.2, 0.25) is 0 Å². The second kappa shape index (κ2) is 5.87. The van der Waals surface area contributed by atoms with Gasteiger partial charge in [-0.3, -0.25) is 0 Å². The number of benzene rings is 1. The Kier molecular flexibility index (Phi) is 5.09. The minimum Gasteiger partial charge on any atom is -0.495 e. The third-order valence-corrected chi connectivity index (χ3v) is 3.04. The first-order valence-corrected chi connectivity index (χ1v) is 6.38. The van der Waals surface area contributed by atoms with Crippen LogP contribution in [0.3, 0.4) is 0 Å². The zero-order valence-electron chi connectivity index (χ0n) is 9.10. The molecule has 0 aliphatic carbocycles. The van der Waals surface area contributed by atoms with Gasteiger partial charge in [0, 0.05) is 22.6 Å². The molecule has 0 fully saturated rings. The number of hydrogen-bond acceptors (Lipinski definition) is 2. The third kappa shape index (κ3) is 3.78. The normalized spacial score (nSPS) is 10.8. The number of halogens is 2. The van der Waals surface area contributed by atoms with Crippen LogP contribution in [0.4, 0.5) is 0 Å². The summed E-state index contributed by atoms with van der Waals surface area (Å²) in [5, 5.41) is 3.37. The number of hydrogen-bond donors (Lipinski definition) is 1. The van der Waals surface area contributed by atoms with Crippen molar-refractivity contribution in [3.8, 4) is 5.75 Å². The second-order valence-electron chi connectivity index (χ2n) is 3.62. The first-order chi connectivity index (χ1) is 7.04. The molecule has 0 bridgehead atoms. The maximum atomic E-state index is 5.36. The molecule has 0 atom stereocenters. The molecule has 0 aliphatic rings. The first kappa shape index (κ1) is 13.0. The zero-order valence-corrected chi connectivity index (χ0v) is 12.3. The Morgan fingerprint density at radius 3 is 2.53 bits per heavy atom. The molecule has 4 heteroatoms. The van der Waals surface area contributed by atoms with Crippen LogP contribution >= 0.6 is 31.9 Å². The molecule has 0 radical (unpaired) electrons. The highest BCUT2D eigenvalue weighted by atomic mass is 79.9. The van der Waals surface area contributed by atoms with Crippen molar-refractivity contribution in [3.63, 3.8) is 0 Å². The molecule has 1 aromatic carbocycles. The van der Waals surface area contributed by atoms with E-state index < -0.39 is 0 Å². The molecule has 1 N–H and O–H groups in total. The van der Waals surface area contributed by atoms with Crippen molar-refractivity contribution in [1.82, 2.24) is 5.32 Å². The molecule has 1 rings (SSSR count). The molecule has 15 heavy (non-hydrogen) atoms. The maximum Gasteiger partial charge on any atom is 0.137 e. The second-order valence-corrected chi connectivity index (χ2v) is 5.39. The lowest BCUT2D eigenvalue weighted by Gasteiger charge is -2.13. The monoisotopic (exact) mass is 335 g/mol. The third-order valence-electron chi connectivity index (χ3n) is 1.99. The molecular weight excluding hydrogens is 322 g/mol. The van der Waals surface area contributed by atoms with Crippen LogP contribution < -0.4 is 10.1 Å². The van der Waals surface area contributed by atoms with Gasteiger partial charge in [-0.15, -0.1) is 0 Å². The van der Waals surface area contributed by atoms with Gasteiger partial charge >= 0.3 is 0 Å². The average Bonchev–Trinajstić information content (AvgIpc) is 2.13. The van der Waals surface area contributed by atoms with Gasteiger partial charge in [-0.1, -0.05) is 29.8 Å². The van der Waals surface area contributed by atoms with Crippen molar-refractivity contribution in [2.45, 2.75) is 26.4 Å². The molecule has 2 nitrogen and oxygen atoms in total. The van der Waals surface area contributed by atoms with E-state index in [0.717, 1.165) is 26.8 Å². The summed E-state index contributed by atoms with van der Waals surface area (Å²) in [6.07, 6.45) is 0. The molecule has 1 aromatic rings. The highest BCUT2D eigenvalue weighted by molar-refractivity contribution is 9.11. The molecule has 0 spiro atoms. The van der Waals surface area contributed by atoms with E-state index in [-0.39, 0.29) is 0 Å². The van der Waals surface area contributed by atoms with Gasteiger partial charge in [-0.25, -0.2) is 0 Å². The SMILES string of the molecule is COc1c(Br)cc(Br)cc1CNC(C)C. The van der Waals surface area contributed by atoms with Gasteiger partial charge in [0.15, 0.2) is 0 Å². The summed E-state index contributed by atoms with van der Waals surface area (Å²) >= 11 is 6.95. The standard InChI is InChI=1S/C11H15Br2NO/c1-7(2)14-6-8-4-9(12)5-10(13)11(8)15-3/h4-5,7,14H,6H2,1-3H3. The van der Waals surface area contributed by atoms with Gasteiger partial charge in [0.25, 0.3) is 0 Å². The molecular formula is C11H15Br2NO. The predicted molar refractivity (Wildman–Crippen MR) is 70.4 cm³/mol. The molecule has 84 valence electrons. The van der Waals surface area contributed by atoms with Gasteiger partial charge in [0.2, 0.25) is 0 Å². The topological polar surface area (TPSA) is 21.3 Å². The van der Waals surface area contributed by atoms with Crippen LogP contribution in [-0.4, -0.2) is 13.2 Å². The highest BCUT2D eigenvalue weighted by Crippen LogP contribution is 2.32. The van der Waals surface area contributed by atoms with Crippen molar-refractivity contribution in [2.24, 2.45) is 0 Å². The minimum atomic E-state index is 0.465. The Morgan fingerprint density at radius 2 is 2.00 bits per heavy atom. The number of nitrogens with one attached hydrogen (secondary N) is 1. The van der Waals surface area contributed by atoms with E-state index in [9.17, 15) is 0 Å². The molecule has 0 saturated carbocycles. The van der Waals surface area contributed by atoms with Gasteiger partial charge < -0.3 is 10.1 Å². The Morgan fingerprint density at radius 1 is 1.33 bits per heavy atom. The van der Waals surface area contributed by atoms with Crippen LogP contribution in [0, 0.1) is 0 Å². The van der Waals surface area contributed by atoms with Crippen molar-refractivity contribution >= 4 is 31.9 Å². The van der Waals surface area contributed by atoms with Crippen LogP contribution in [0.25, 0.3) is 0 Å². The fourth-order valence-corrected chi connectivity index (χ4v) is 2.76. The molecule has 0 saturated heterocycles. The highest BCUT2D eigenvalue weighted by Gasteiger charge is 2.09. The Balaban J connectivity index is 2.93. The van der Waals surface area contributed by atoms with E-state index in [4.69, 9.17) is 4.74 Å². The molecule has 0 amide bonds. The quantitative estimate of drug-likeness (QED) is 0.904. The molecule has 0 unspecified atom stereocenters. The smallest absolute Gasteiger partial charge is 0.137 e. The van der Waals surface area contributed by atoms with Crippen LogP contribution in [0.1, 0.15) is 19.4 Å². The lowest BCUT2D eigenvalue weighted by Crippen LogP contribution is -2.22. The summed E-state index contributed by atoms with van der Waals surface area (Å²) in [6.45, 7) is 5.05. The maximum absolute atomic E-state index is 5.36. The van der Waals surface area contributed by atoms with Gasteiger partial charge in [0.05, 0.1) is 11.6 Å². The van der Waals surface area contributed by atoms with Gasteiger partial charge in [-0.2, -0.15) is 0 Å². The summed E-state index contributed by atoms with van der Waals surface area (Å²) in [4.78, 5) is 0. The van der Waals surface area contributed by atoms with Crippen molar-refractivity contribution < 1.29 is 4.74 Å². The number of methoxy groups -OCH3 is 1. The van der Waals surface area contributed by atoms with E-state index in [1.165, 1.54) is 0 Å². The summed E-state index contributed by atoms with van der Waals surface area (Å²) in [5.41, 5.74) is 1.15. The van der Waals surface area contributed by atoms with Gasteiger partial charge in [-0.05, 0) is 28.1 Å². The van der Waals surface area contributed by atoms with E-state index in [2.05, 4.69) is 57.1 Å². The fourth-order valence-electron chi connectivity index (χ4n) is 1.29. The summed E-state index contributed by atoms with van der Waals surface area (Å²) in [6, 6.07) is 4.52. The zero-order chi connectivity index (χ0) is 11.4. The Hall–Kier alpha value is -0.0600. The van der Waals surface area contributed by atoms with E-state index in [1.807, 2.05) is 6.07 Å². The average molecular weight is 337 g/mol. The van der Waals surface area contributed by atoms with Gasteiger partial charge in [0.1, 0.15) is 5.75 Å². The number of rotatable bonds is 4.